The van der Waals surface area contributed by atoms with Crippen LogP contribution >= 0.6 is 15.9 Å². The van der Waals surface area contributed by atoms with E-state index in [4.69, 9.17) is 9.47 Å². The first kappa shape index (κ1) is 16.0. The van der Waals surface area contributed by atoms with Gasteiger partial charge in [0.2, 0.25) is 0 Å². The van der Waals surface area contributed by atoms with Gasteiger partial charge in [0.1, 0.15) is 0 Å². The third-order valence-electron chi connectivity index (χ3n) is 2.91. The van der Waals surface area contributed by atoms with Gasteiger partial charge in [-0.2, -0.15) is 0 Å². The summed E-state index contributed by atoms with van der Waals surface area (Å²) in [5.41, 5.74) is 0.927. The Kier molecular flexibility index (Phi) is 5.11. The molecule has 6 nitrogen and oxygen atoms in total. The van der Waals surface area contributed by atoms with E-state index in [1.807, 2.05) is 12.1 Å². The minimum Gasteiger partial charge on any atom is -0.493 e. The number of methoxy groups -OCH3 is 2. The highest BCUT2D eigenvalue weighted by atomic mass is 79.9. The van der Waals surface area contributed by atoms with Crippen LogP contribution in [0, 0.1) is 10.1 Å². The van der Waals surface area contributed by atoms with E-state index in [2.05, 4.69) is 20.9 Å². The molecule has 22 heavy (non-hydrogen) atoms. The number of benzene rings is 2. The Labute approximate surface area is 135 Å². The van der Waals surface area contributed by atoms with Crippen molar-refractivity contribution in [2.24, 2.45) is 4.99 Å². The largest absolute Gasteiger partial charge is 0.493 e. The number of nitrogens with zero attached hydrogens (tertiary/aromatic N) is 2. The fourth-order valence-electron chi connectivity index (χ4n) is 1.82. The van der Waals surface area contributed by atoms with Crippen molar-refractivity contribution in [3.05, 3.63) is 56.5 Å². The number of aliphatic imine (C=N–C) groups is 1. The Morgan fingerprint density at radius 1 is 1.14 bits per heavy atom. The van der Waals surface area contributed by atoms with Gasteiger partial charge in [0.15, 0.2) is 11.5 Å². The Morgan fingerprint density at radius 2 is 1.73 bits per heavy atom. The summed E-state index contributed by atoms with van der Waals surface area (Å²) >= 11 is 3.34. The molecule has 0 aliphatic rings. The number of hydrogen-bond donors (Lipinski definition) is 0. The van der Waals surface area contributed by atoms with E-state index < -0.39 is 4.92 Å². The van der Waals surface area contributed by atoms with E-state index >= 15 is 0 Å². The Balaban J connectivity index is 2.44. The van der Waals surface area contributed by atoms with E-state index in [-0.39, 0.29) is 5.69 Å². The zero-order valence-electron chi connectivity index (χ0n) is 11.9. The molecule has 0 unspecified atom stereocenters. The first-order valence-electron chi connectivity index (χ1n) is 6.25. The van der Waals surface area contributed by atoms with Crippen LogP contribution in [0.15, 0.2) is 45.9 Å². The second-order valence-electron chi connectivity index (χ2n) is 4.26. The van der Waals surface area contributed by atoms with Crippen LogP contribution in [-0.2, 0) is 0 Å². The molecular weight excluding hydrogens is 352 g/mol. The Bertz CT molecular complexity index is 714. The fourth-order valence-corrected chi connectivity index (χ4v) is 2.08. The highest BCUT2D eigenvalue weighted by Gasteiger charge is 2.18. The topological polar surface area (TPSA) is 74.0 Å². The first-order chi connectivity index (χ1) is 10.5. The first-order valence-corrected chi connectivity index (χ1v) is 7.04. The number of halogens is 1. The van der Waals surface area contributed by atoms with Crippen molar-refractivity contribution in [2.45, 2.75) is 0 Å². The molecule has 0 atom stereocenters. The predicted molar refractivity (Wildman–Crippen MR) is 87.6 cm³/mol. The second-order valence-corrected chi connectivity index (χ2v) is 5.17. The summed E-state index contributed by atoms with van der Waals surface area (Å²) in [7, 11) is 2.90. The third kappa shape index (κ3) is 3.62. The smallest absolute Gasteiger partial charge is 0.282 e. The second kappa shape index (κ2) is 7.04. The number of nitro benzene ring substituents is 1. The van der Waals surface area contributed by atoms with Gasteiger partial charge >= 0.3 is 0 Å². The highest BCUT2D eigenvalue weighted by molar-refractivity contribution is 9.10. The van der Waals surface area contributed by atoms with Crippen molar-refractivity contribution < 1.29 is 14.4 Å². The zero-order chi connectivity index (χ0) is 16.1. The molecular formula is C15H13BrN2O4. The van der Waals surface area contributed by atoms with Crippen LogP contribution in [0.5, 0.6) is 11.5 Å². The molecule has 0 N–H and O–H groups in total. The van der Waals surface area contributed by atoms with Gasteiger partial charge in [0, 0.05) is 10.7 Å². The van der Waals surface area contributed by atoms with Gasteiger partial charge in [-0.25, -0.2) is 0 Å². The molecule has 0 saturated heterocycles. The van der Waals surface area contributed by atoms with Crippen molar-refractivity contribution in [1.82, 2.24) is 0 Å². The van der Waals surface area contributed by atoms with Crippen LogP contribution in [0.25, 0.3) is 0 Å². The molecule has 0 aliphatic heterocycles. The lowest BCUT2D eigenvalue weighted by molar-refractivity contribution is -0.385. The quantitative estimate of drug-likeness (QED) is 0.454. The van der Waals surface area contributed by atoms with Crippen LogP contribution in [0.1, 0.15) is 5.56 Å². The monoisotopic (exact) mass is 364 g/mol. The molecule has 0 spiro atoms. The van der Waals surface area contributed by atoms with Crippen LogP contribution in [-0.4, -0.2) is 25.4 Å². The zero-order valence-corrected chi connectivity index (χ0v) is 13.5. The Hall–Kier alpha value is -2.41. The summed E-state index contributed by atoms with van der Waals surface area (Å²) in [6.07, 6.45) is 1.43. The normalized spacial score (nSPS) is 10.7. The van der Waals surface area contributed by atoms with Crippen LogP contribution < -0.4 is 9.47 Å². The van der Waals surface area contributed by atoms with E-state index in [0.29, 0.717) is 22.7 Å². The van der Waals surface area contributed by atoms with Gasteiger partial charge in [-0.15, -0.1) is 0 Å². The average molecular weight is 365 g/mol. The molecule has 0 aliphatic carbocycles. The third-order valence-corrected chi connectivity index (χ3v) is 3.44. The van der Waals surface area contributed by atoms with Gasteiger partial charge in [-0.1, -0.05) is 15.9 Å². The summed E-state index contributed by atoms with van der Waals surface area (Å²) in [6, 6.07) is 10.1. The molecule has 0 fully saturated rings. The Morgan fingerprint density at radius 3 is 2.27 bits per heavy atom. The minimum absolute atomic E-state index is 0.0986. The molecule has 114 valence electrons. The molecule has 0 saturated carbocycles. The molecule has 0 amide bonds. The minimum atomic E-state index is -0.481. The van der Waals surface area contributed by atoms with E-state index in [0.717, 1.165) is 4.47 Å². The van der Waals surface area contributed by atoms with Gasteiger partial charge in [0.25, 0.3) is 5.69 Å². The summed E-state index contributed by atoms with van der Waals surface area (Å²) in [5.74, 6) is 0.709. The standard InChI is InChI=1S/C15H13BrN2O4/c1-21-14-7-10(13(18(19)20)8-15(14)22-2)9-17-12-5-3-11(16)4-6-12/h3-9H,1-2H3. The van der Waals surface area contributed by atoms with Gasteiger partial charge < -0.3 is 9.47 Å². The molecule has 0 bridgehead atoms. The molecule has 2 aromatic carbocycles. The lowest BCUT2D eigenvalue weighted by atomic mass is 10.1. The average Bonchev–Trinajstić information content (AvgIpc) is 2.53. The molecule has 0 aromatic heterocycles. The van der Waals surface area contributed by atoms with Crippen LogP contribution in [0.4, 0.5) is 11.4 Å². The van der Waals surface area contributed by atoms with Crippen molar-refractivity contribution in [3.63, 3.8) is 0 Å². The maximum atomic E-state index is 11.2. The lowest BCUT2D eigenvalue weighted by Crippen LogP contribution is -1.98. The summed E-state index contributed by atoms with van der Waals surface area (Å²) in [5, 5.41) is 11.2. The van der Waals surface area contributed by atoms with E-state index in [1.54, 1.807) is 12.1 Å². The molecule has 2 rings (SSSR count). The maximum Gasteiger partial charge on any atom is 0.282 e. The highest BCUT2D eigenvalue weighted by Crippen LogP contribution is 2.34. The maximum absolute atomic E-state index is 11.2. The number of hydrogen-bond acceptors (Lipinski definition) is 5. The number of nitro groups is 1. The summed E-state index contributed by atoms with van der Waals surface area (Å²) in [4.78, 5) is 15.0. The van der Waals surface area contributed by atoms with Crippen LogP contribution in [0.3, 0.4) is 0 Å². The SMILES string of the molecule is COc1cc(C=Nc2ccc(Br)cc2)c([N+](=O)[O-])cc1OC. The lowest BCUT2D eigenvalue weighted by Gasteiger charge is -2.08. The fraction of sp³-hybridized carbons (Fsp3) is 0.133. The van der Waals surface area contributed by atoms with Gasteiger partial charge in [0.05, 0.1) is 36.5 Å². The van der Waals surface area contributed by atoms with Crippen LogP contribution in [0.2, 0.25) is 0 Å². The summed E-state index contributed by atoms with van der Waals surface area (Å²) < 4.78 is 11.2. The number of ether oxygens (including phenoxy) is 2. The summed E-state index contributed by atoms with van der Waals surface area (Å²) in [6.45, 7) is 0. The van der Waals surface area contributed by atoms with Crippen molar-refractivity contribution in [3.8, 4) is 11.5 Å². The molecule has 0 heterocycles. The molecule has 0 radical (unpaired) electrons. The number of rotatable bonds is 5. The predicted octanol–water partition coefficient (Wildman–Crippen LogP) is 4.13. The van der Waals surface area contributed by atoms with E-state index in [1.165, 1.54) is 32.6 Å². The van der Waals surface area contributed by atoms with Crippen molar-refractivity contribution in [1.29, 1.82) is 0 Å². The van der Waals surface area contributed by atoms with Crippen molar-refractivity contribution >= 4 is 33.5 Å². The van der Waals surface area contributed by atoms with Crippen molar-refractivity contribution in [2.75, 3.05) is 14.2 Å². The molecule has 2 aromatic rings. The van der Waals surface area contributed by atoms with Gasteiger partial charge in [-0.05, 0) is 30.3 Å². The van der Waals surface area contributed by atoms with E-state index in [9.17, 15) is 10.1 Å². The molecule has 7 heteroatoms. The van der Waals surface area contributed by atoms with Gasteiger partial charge in [-0.3, -0.25) is 15.1 Å².